The molecule has 0 N–H and O–H groups in total. The summed E-state index contributed by atoms with van der Waals surface area (Å²) < 4.78 is 95.8. The van der Waals surface area contributed by atoms with Crippen molar-refractivity contribution in [3.05, 3.63) is 23.3 Å². The van der Waals surface area contributed by atoms with Crippen molar-refractivity contribution in [2.24, 2.45) is 0 Å². The highest BCUT2D eigenvalue weighted by molar-refractivity contribution is 5.73. The SMILES string of the molecule is CCOC(=O)Cc1ncc(F)c(C(F)(F)F)c1OC(F)(F)F. The fourth-order valence-corrected chi connectivity index (χ4v) is 1.47. The van der Waals surface area contributed by atoms with E-state index in [4.69, 9.17) is 0 Å². The molecule has 22 heavy (non-hydrogen) atoms. The van der Waals surface area contributed by atoms with Crippen LogP contribution < -0.4 is 4.74 Å². The Morgan fingerprint density at radius 2 is 1.82 bits per heavy atom. The van der Waals surface area contributed by atoms with Gasteiger partial charge in [0.1, 0.15) is 5.56 Å². The number of carbonyl (C=O) groups is 1. The first kappa shape index (κ1) is 18.0. The number of aromatic nitrogens is 1. The van der Waals surface area contributed by atoms with E-state index in [-0.39, 0.29) is 12.8 Å². The van der Waals surface area contributed by atoms with Crippen LogP contribution >= 0.6 is 0 Å². The average molecular weight is 335 g/mol. The monoisotopic (exact) mass is 335 g/mol. The molecule has 0 aromatic carbocycles. The van der Waals surface area contributed by atoms with Crippen LogP contribution in [0.2, 0.25) is 0 Å². The first-order valence-corrected chi connectivity index (χ1v) is 5.61. The predicted molar refractivity (Wildman–Crippen MR) is 56.2 cm³/mol. The van der Waals surface area contributed by atoms with Crippen LogP contribution in [0.3, 0.4) is 0 Å². The van der Waals surface area contributed by atoms with Crippen molar-refractivity contribution in [3.63, 3.8) is 0 Å². The molecule has 0 spiro atoms. The number of esters is 1. The topological polar surface area (TPSA) is 48.4 Å². The molecule has 0 fully saturated rings. The molecule has 124 valence electrons. The summed E-state index contributed by atoms with van der Waals surface area (Å²) in [5, 5.41) is 0. The normalized spacial score (nSPS) is 12.2. The van der Waals surface area contributed by atoms with Crippen LogP contribution in [0.4, 0.5) is 30.7 Å². The molecule has 11 heteroatoms. The first-order valence-electron chi connectivity index (χ1n) is 5.61. The van der Waals surface area contributed by atoms with Gasteiger partial charge in [0.2, 0.25) is 0 Å². The lowest BCUT2D eigenvalue weighted by Crippen LogP contribution is -2.24. The van der Waals surface area contributed by atoms with Crippen LogP contribution in [0.1, 0.15) is 18.2 Å². The largest absolute Gasteiger partial charge is 0.573 e. The fourth-order valence-electron chi connectivity index (χ4n) is 1.47. The lowest BCUT2D eigenvalue weighted by Gasteiger charge is -2.18. The van der Waals surface area contributed by atoms with Gasteiger partial charge in [-0.05, 0) is 6.92 Å². The highest BCUT2D eigenvalue weighted by Crippen LogP contribution is 2.41. The zero-order valence-corrected chi connectivity index (χ0v) is 10.8. The lowest BCUT2D eigenvalue weighted by atomic mass is 10.1. The van der Waals surface area contributed by atoms with E-state index in [9.17, 15) is 35.5 Å². The number of pyridine rings is 1. The Labute approximate surface area is 118 Å². The maximum atomic E-state index is 13.2. The van der Waals surface area contributed by atoms with Gasteiger partial charge in [-0.1, -0.05) is 0 Å². The van der Waals surface area contributed by atoms with Gasteiger partial charge in [0.15, 0.2) is 11.6 Å². The Hall–Kier alpha value is -2.07. The Morgan fingerprint density at radius 1 is 1.23 bits per heavy atom. The molecular formula is C11H8F7NO3. The number of carbonyl (C=O) groups excluding carboxylic acids is 1. The van der Waals surface area contributed by atoms with Crippen molar-refractivity contribution in [2.75, 3.05) is 6.61 Å². The molecule has 0 aliphatic rings. The summed E-state index contributed by atoms with van der Waals surface area (Å²) in [7, 11) is 0. The van der Waals surface area contributed by atoms with Gasteiger partial charge in [-0.2, -0.15) is 13.2 Å². The number of hydrogen-bond donors (Lipinski definition) is 0. The smallest absolute Gasteiger partial charge is 0.466 e. The van der Waals surface area contributed by atoms with Gasteiger partial charge in [0, 0.05) is 0 Å². The third kappa shape index (κ3) is 4.74. The second kappa shape index (κ2) is 6.36. The van der Waals surface area contributed by atoms with Crippen LogP contribution in [0, 0.1) is 5.82 Å². The van der Waals surface area contributed by atoms with Crippen LogP contribution in [0.5, 0.6) is 5.75 Å². The minimum Gasteiger partial charge on any atom is -0.466 e. The van der Waals surface area contributed by atoms with E-state index in [1.165, 1.54) is 6.92 Å². The van der Waals surface area contributed by atoms with Crippen molar-refractivity contribution in [2.45, 2.75) is 25.9 Å². The van der Waals surface area contributed by atoms with Crippen LogP contribution in [0.25, 0.3) is 0 Å². The minimum atomic E-state index is -5.53. The molecule has 0 aliphatic carbocycles. The minimum absolute atomic E-state index is 0.0562. The van der Waals surface area contributed by atoms with E-state index in [1.807, 2.05) is 0 Å². The molecule has 0 radical (unpaired) electrons. The zero-order valence-electron chi connectivity index (χ0n) is 10.8. The van der Waals surface area contributed by atoms with Gasteiger partial charge < -0.3 is 9.47 Å². The number of halogens is 7. The first-order chi connectivity index (χ1) is 9.95. The molecule has 0 saturated heterocycles. The number of rotatable bonds is 4. The highest BCUT2D eigenvalue weighted by atomic mass is 19.4. The fraction of sp³-hybridized carbons (Fsp3) is 0.455. The second-order valence-electron chi connectivity index (χ2n) is 3.78. The summed E-state index contributed by atoms with van der Waals surface area (Å²) in [4.78, 5) is 14.3. The van der Waals surface area contributed by atoms with Gasteiger partial charge in [-0.3, -0.25) is 9.78 Å². The van der Waals surface area contributed by atoms with Crippen molar-refractivity contribution < 1.29 is 45.0 Å². The van der Waals surface area contributed by atoms with Gasteiger partial charge >= 0.3 is 18.5 Å². The van der Waals surface area contributed by atoms with Gasteiger partial charge in [-0.25, -0.2) is 4.39 Å². The third-order valence-corrected chi connectivity index (χ3v) is 2.18. The number of nitrogens with zero attached hydrogens (tertiary/aromatic N) is 1. The van der Waals surface area contributed by atoms with Gasteiger partial charge in [0.05, 0.1) is 24.9 Å². The highest BCUT2D eigenvalue weighted by Gasteiger charge is 2.44. The molecule has 0 amide bonds. The molecule has 1 rings (SSSR count). The average Bonchev–Trinajstić information content (AvgIpc) is 2.29. The van der Waals surface area contributed by atoms with E-state index in [0.717, 1.165) is 0 Å². The number of ether oxygens (including phenoxy) is 2. The zero-order chi connectivity index (χ0) is 17.1. The van der Waals surface area contributed by atoms with E-state index in [1.54, 1.807) is 0 Å². The summed E-state index contributed by atoms with van der Waals surface area (Å²) in [6, 6.07) is 0. The standard InChI is InChI=1S/C11H8F7NO3/c1-2-21-7(20)3-6-9(22-11(16,17)18)8(10(13,14)15)5(12)4-19-6/h4H,2-3H2,1H3. The molecule has 0 saturated carbocycles. The van der Waals surface area contributed by atoms with Crippen LogP contribution in [-0.2, 0) is 22.1 Å². The second-order valence-corrected chi connectivity index (χ2v) is 3.78. The summed E-state index contributed by atoms with van der Waals surface area (Å²) in [5.74, 6) is -5.10. The molecule has 1 aromatic rings. The lowest BCUT2D eigenvalue weighted by molar-refractivity contribution is -0.276. The molecule has 0 bridgehead atoms. The van der Waals surface area contributed by atoms with Crippen LogP contribution in [0.15, 0.2) is 6.20 Å². The molecule has 1 aromatic heterocycles. The summed E-state index contributed by atoms with van der Waals surface area (Å²) >= 11 is 0. The quantitative estimate of drug-likeness (QED) is 0.626. The van der Waals surface area contributed by atoms with Crippen molar-refractivity contribution >= 4 is 5.97 Å². The summed E-state index contributed by atoms with van der Waals surface area (Å²) in [6.45, 7) is 1.23. The Kier molecular flexibility index (Phi) is 5.20. The Bertz CT molecular complexity index is 554. The van der Waals surface area contributed by atoms with Crippen molar-refractivity contribution in [1.82, 2.24) is 4.98 Å². The molecule has 0 atom stereocenters. The number of hydrogen-bond acceptors (Lipinski definition) is 4. The van der Waals surface area contributed by atoms with Gasteiger partial charge in [-0.15, -0.1) is 13.2 Å². The maximum Gasteiger partial charge on any atom is 0.573 e. The Balaban J connectivity index is 3.40. The molecule has 1 heterocycles. The van der Waals surface area contributed by atoms with Gasteiger partial charge in [0.25, 0.3) is 0 Å². The summed E-state index contributed by atoms with van der Waals surface area (Å²) in [5.41, 5.74) is -3.33. The van der Waals surface area contributed by atoms with Crippen molar-refractivity contribution in [3.8, 4) is 5.75 Å². The maximum absolute atomic E-state index is 13.2. The number of alkyl halides is 6. The van der Waals surface area contributed by atoms with Crippen LogP contribution in [-0.4, -0.2) is 23.9 Å². The predicted octanol–water partition coefficient (Wildman–Crippen LogP) is 3.24. The van der Waals surface area contributed by atoms with E-state index >= 15 is 0 Å². The summed E-state index contributed by atoms with van der Waals surface area (Å²) in [6.07, 6.45) is -12.0. The third-order valence-electron chi connectivity index (χ3n) is 2.18. The van der Waals surface area contributed by atoms with E-state index in [2.05, 4.69) is 14.5 Å². The van der Waals surface area contributed by atoms with E-state index < -0.39 is 47.8 Å². The molecule has 0 unspecified atom stereocenters. The molecule has 0 aliphatic heterocycles. The van der Waals surface area contributed by atoms with Crippen molar-refractivity contribution in [1.29, 1.82) is 0 Å². The molecule has 4 nitrogen and oxygen atoms in total. The van der Waals surface area contributed by atoms with E-state index in [0.29, 0.717) is 0 Å². The Morgan fingerprint density at radius 3 is 2.27 bits per heavy atom. The molecular weight excluding hydrogens is 327 g/mol.